The zero-order valence-electron chi connectivity index (χ0n) is 19.7. The average Bonchev–Trinajstić information content (AvgIpc) is 3.45. The Balaban J connectivity index is 0.00000306. The van der Waals surface area contributed by atoms with Crippen molar-refractivity contribution in [1.29, 1.82) is 0 Å². The van der Waals surface area contributed by atoms with Gasteiger partial charge >= 0.3 is 0 Å². The summed E-state index contributed by atoms with van der Waals surface area (Å²) in [5.74, 6) is 2.41. The molecule has 3 aromatic rings. The van der Waals surface area contributed by atoms with Gasteiger partial charge in [-0.25, -0.2) is 9.98 Å². The lowest BCUT2D eigenvalue weighted by molar-refractivity contribution is 0.394. The Morgan fingerprint density at radius 3 is 2.61 bits per heavy atom. The number of fused-ring (bicyclic) bond motifs is 1. The number of nitrogens with one attached hydrogen (secondary N) is 2. The monoisotopic (exact) mass is 564 g/mol. The van der Waals surface area contributed by atoms with Gasteiger partial charge in [0.15, 0.2) is 5.96 Å². The van der Waals surface area contributed by atoms with Gasteiger partial charge in [0.1, 0.15) is 17.1 Å². The Labute approximate surface area is 212 Å². The summed E-state index contributed by atoms with van der Waals surface area (Å²) < 4.78 is 12.9. The molecule has 0 aliphatic carbocycles. The Morgan fingerprint density at radius 1 is 1.18 bits per heavy atom. The van der Waals surface area contributed by atoms with Crippen molar-refractivity contribution in [3.8, 4) is 11.5 Å². The van der Waals surface area contributed by atoms with E-state index in [1.165, 1.54) is 0 Å². The first-order valence-electron chi connectivity index (χ1n) is 11.1. The highest BCUT2D eigenvalue weighted by Crippen LogP contribution is 2.30. The van der Waals surface area contributed by atoms with Gasteiger partial charge in [-0.15, -0.1) is 24.0 Å². The third-order valence-electron chi connectivity index (χ3n) is 5.72. The Morgan fingerprint density at radius 2 is 1.94 bits per heavy atom. The van der Waals surface area contributed by atoms with E-state index in [1.807, 2.05) is 18.2 Å². The van der Waals surface area contributed by atoms with E-state index in [1.54, 1.807) is 14.2 Å². The van der Waals surface area contributed by atoms with Crippen molar-refractivity contribution in [2.75, 3.05) is 38.8 Å². The number of nitrogens with zero attached hydrogens (tertiary/aromatic N) is 4. The second kappa shape index (κ2) is 11.4. The van der Waals surface area contributed by atoms with Crippen LogP contribution in [0.15, 0.2) is 47.6 Å². The Bertz CT molecular complexity index is 1080. The summed E-state index contributed by atoms with van der Waals surface area (Å²) in [5.41, 5.74) is 4.17. The largest absolute Gasteiger partial charge is 0.497 e. The maximum absolute atomic E-state index is 5.42. The number of aliphatic imine (C=N–C) groups is 1. The van der Waals surface area contributed by atoms with Crippen LogP contribution in [0.5, 0.6) is 11.5 Å². The molecule has 8 nitrogen and oxygen atoms in total. The number of aromatic nitrogens is 2. The van der Waals surface area contributed by atoms with E-state index in [0.717, 1.165) is 66.2 Å². The van der Waals surface area contributed by atoms with Crippen molar-refractivity contribution >= 4 is 41.3 Å². The minimum absolute atomic E-state index is 0. The van der Waals surface area contributed by atoms with Crippen LogP contribution in [0.25, 0.3) is 5.65 Å². The topological polar surface area (TPSA) is 75.4 Å². The molecule has 0 spiro atoms. The fourth-order valence-electron chi connectivity index (χ4n) is 4.04. The number of guanidine groups is 1. The molecule has 1 fully saturated rings. The predicted molar refractivity (Wildman–Crippen MR) is 143 cm³/mol. The predicted octanol–water partition coefficient (Wildman–Crippen LogP) is 3.61. The molecule has 1 aliphatic heterocycles. The fourth-order valence-corrected chi connectivity index (χ4v) is 4.04. The molecular formula is C24H33IN6O2. The van der Waals surface area contributed by atoms with Gasteiger partial charge < -0.3 is 29.4 Å². The number of benzene rings is 1. The standard InChI is InChI=1S/C24H32N6O2.HI/c1-5-25-24(26-14-19-16-30-17(2)7-6-8-23(30)27-19)28-18-9-10-29(15-18)20-11-21(31-3)13-22(12-20)32-4;/h6-8,11-13,16,18H,5,9-10,14-15H2,1-4H3,(H2,25,26,28);1H. The van der Waals surface area contributed by atoms with Gasteiger partial charge in [-0.3, -0.25) is 0 Å². The maximum atomic E-state index is 5.42. The number of ether oxygens (including phenoxy) is 2. The number of pyridine rings is 1. The first kappa shape index (κ1) is 24.9. The van der Waals surface area contributed by atoms with Gasteiger partial charge in [0.2, 0.25) is 0 Å². The SMILES string of the molecule is CCNC(=NCc1cn2c(C)cccc2n1)NC1CCN(c2cc(OC)cc(OC)c2)C1.I. The number of methoxy groups -OCH3 is 2. The number of hydrogen-bond donors (Lipinski definition) is 2. The van der Waals surface area contributed by atoms with Crippen molar-refractivity contribution in [2.45, 2.75) is 32.9 Å². The summed E-state index contributed by atoms with van der Waals surface area (Å²) in [5, 5.41) is 6.95. The lowest BCUT2D eigenvalue weighted by Gasteiger charge is -2.21. The van der Waals surface area contributed by atoms with Gasteiger partial charge in [0, 0.05) is 61.5 Å². The Kier molecular flexibility index (Phi) is 8.65. The molecule has 1 aromatic carbocycles. The molecule has 1 atom stereocenters. The van der Waals surface area contributed by atoms with E-state index >= 15 is 0 Å². The summed E-state index contributed by atoms with van der Waals surface area (Å²) in [6.45, 7) is 7.33. The Hall–Kier alpha value is -2.69. The molecule has 0 radical (unpaired) electrons. The van der Waals surface area contributed by atoms with Crippen molar-refractivity contribution in [3.63, 3.8) is 0 Å². The number of rotatable bonds is 7. The number of hydrogen-bond acceptors (Lipinski definition) is 5. The van der Waals surface area contributed by atoms with E-state index in [0.29, 0.717) is 12.6 Å². The molecule has 0 saturated carbocycles. The molecule has 1 unspecified atom stereocenters. The second-order valence-electron chi connectivity index (χ2n) is 7.97. The van der Waals surface area contributed by atoms with Gasteiger partial charge in [-0.1, -0.05) is 6.07 Å². The number of halogens is 1. The molecule has 1 saturated heterocycles. The molecule has 2 aromatic heterocycles. The van der Waals surface area contributed by atoms with Gasteiger partial charge in [0.25, 0.3) is 0 Å². The maximum Gasteiger partial charge on any atom is 0.191 e. The zero-order chi connectivity index (χ0) is 22.5. The third-order valence-corrected chi connectivity index (χ3v) is 5.72. The first-order valence-corrected chi connectivity index (χ1v) is 11.1. The van der Waals surface area contributed by atoms with E-state index in [4.69, 9.17) is 19.5 Å². The summed E-state index contributed by atoms with van der Waals surface area (Å²) in [6.07, 6.45) is 3.09. The lowest BCUT2D eigenvalue weighted by Crippen LogP contribution is -2.44. The quantitative estimate of drug-likeness (QED) is 0.260. The third kappa shape index (κ3) is 6.01. The molecule has 2 N–H and O–H groups in total. The highest BCUT2D eigenvalue weighted by Gasteiger charge is 2.24. The summed E-state index contributed by atoms with van der Waals surface area (Å²) >= 11 is 0. The summed E-state index contributed by atoms with van der Waals surface area (Å²) in [6, 6.07) is 12.4. The number of imidazole rings is 1. The van der Waals surface area contributed by atoms with Gasteiger partial charge in [0.05, 0.1) is 26.5 Å². The van der Waals surface area contributed by atoms with E-state index in [2.05, 4.69) is 58.2 Å². The number of anilines is 1. The number of aryl methyl sites for hydroxylation is 1. The smallest absolute Gasteiger partial charge is 0.191 e. The highest BCUT2D eigenvalue weighted by atomic mass is 127. The van der Waals surface area contributed by atoms with Crippen molar-refractivity contribution in [1.82, 2.24) is 20.0 Å². The first-order chi connectivity index (χ1) is 15.6. The normalized spacial score (nSPS) is 15.9. The van der Waals surface area contributed by atoms with Crippen LogP contribution in [-0.4, -0.2) is 55.2 Å². The van der Waals surface area contributed by atoms with Crippen LogP contribution >= 0.6 is 24.0 Å². The van der Waals surface area contributed by atoms with Crippen LogP contribution in [-0.2, 0) is 6.54 Å². The molecule has 178 valence electrons. The lowest BCUT2D eigenvalue weighted by atomic mass is 10.2. The molecule has 1 aliphatic rings. The minimum Gasteiger partial charge on any atom is -0.497 e. The molecule has 0 bridgehead atoms. The van der Waals surface area contributed by atoms with Crippen LogP contribution in [0, 0.1) is 6.92 Å². The molecule has 4 rings (SSSR count). The summed E-state index contributed by atoms with van der Waals surface area (Å²) in [4.78, 5) is 11.8. The highest BCUT2D eigenvalue weighted by molar-refractivity contribution is 14.0. The van der Waals surface area contributed by atoms with Gasteiger partial charge in [-0.05, 0) is 32.4 Å². The van der Waals surface area contributed by atoms with Crippen LogP contribution in [0.1, 0.15) is 24.7 Å². The van der Waals surface area contributed by atoms with Crippen LogP contribution in [0.4, 0.5) is 5.69 Å². The van der Waals surface area contributed by atoms with E-state index in [9.17, 15) is 0 Å². The molecule has 3 heterocycles. The molecular weight excluding hydrogens is 531 g/mol. The fraction of sp³-hybridized carbons (Fsp3) is 0.417. The van der Waals surface area contributed by atoms with Gasteiger partial charge in [-0.2, -0.15) is 0 Å². The molecule has 0 amide bonds. The van der Waals surface area contributed by atoms with E-state index in [-0.39, 0.29) is 24.0 Å². The van der Waals surface area contributed by atoms with Crippen molar-refractivity contribution in [3.05, 3.63) is 54.0 Å². The molecule has 9 heteroatoms. The van der Waals surface area contributed by atoms with Crippen LogP contribution < -0.4 is 25.0 Å². The van der Waals surface area contributed by atoms with Crippen LogP contribution in [0.2, 0.25) is 0 Å². The van der Waals surface area contributed by atoms with Crippen molar-refractivity contribution in [2.24, 2.45) is 4.99 Å². The van der Waals surface area contributed by atoms with Crippen LogP contribution in [0.3, 0.4) is 0 Å². The summed E-state index contributed by atoms with van der Waals surface area (Å²) in [7, 11) is 3.35. The zero-order valence-corrected chi connectivity index (χ0v) is 22.0. The average molecular weight is 564 g/mol. The van der Waals surface area contributed by atoms with Crippen molar-refractivity contribution < 1.29 is 9.47 Å². The molecule has 33 heavy (non-hydrogen) atoms. The van der Waals surface area contributed by atoms with E-state index < -0.39 is 0 Å². The second-order valence-corrected chi connectivity index (χ2v) is 7.97. The minimum atomic E-state index is 0.